The van der Waals surface area contributed by atoms with Crippen LogP contribution in [0.25, 0.3) is 10.8 Å². The number of carbonyl (C=O) groups is 2. The summed E-state index contributed by atoms with van der Waals surface area (Å²) in [5, 5.41) is 9.55. The number of piperidine rings is 1. The quantitative estimate of drug-likeness (QED) is 0.907. The van der Waals surface area contributed by atoms with Gasteiger partial charge in [0.05, 0.1) is 12.5 Å². The first-order chi connectivity index (χ1) is 11.1. The first kappa shape index (κ1) is 15.7. The largest absolute Gasteiger partial charge is 0.481 e. The molecular weight excluding hydrogens is 316 g/mol. The average molecular weight is 334 g/mol. The van der Waals surface area contributed by atoms with Crippen LogP contribution >= 0.6 is 11.3 Å². The molecule has 1 N–H and O–H groups in total. The number of hydrogen-bond donors (Lipinski definition) is 1. The van der Waals surface area contributed by atoms with E-state index < -0.39 is 5.97 Å². The van der Waals surface area contributed by atoms with Crippen molar-refractivity contribution in [1.82, 2.24) is 9.88 Å². The number of rotatable bonds is 5. The van der Waals surface area contributed by atoms with Gasteiger partial charge in [0.15, 0.2) is 10.8 Å². The SMILES string of the molecule is O=C(O)CCC1CCCCN1C(=O)c1cnc(-c2ccco2)s1. The monoisotopic (exact) mass is 334 g/mol. The molecular formula is C16H18N2O4S. The molecule has 0 aliphatic carbocycles. The highest BCUT2D eigenvalue weighted by Crippen LogP contribution is 2.29. The summed E-state index contributed by atoms with van der Waals surface area (Å²) in [5.74, 6) is -0.230. The predicted octanol–water partition coefficient (Wildman–Crippen LogP) is 3.26. The van der Waals surface area contributed by atoms with Crippen molar-refractivity contribution in [2.45, 2.75) is 38.1 Å². The average Bonchev–Trinajstić information content (AvgIpc) is 3.23. The fourth-order valence-corrected chi connectivity index (χ4v) is 3.73. The molecule has 1 saturated heterocycles. The van der Waals surface area contributed by atoms with E-state index in [1.54, 1.807) is 18.5 Å². The zero-order chi connectivity index (χ0) is 16.2. The Morgan fingerprint density at radius 1 is 1.43 bits per heavy atom. The molecule has 0 saturated carbocycles. The lowest BCUT2D eigenvalue weighted by atomic mass is 9.97. The Kier molecular flexibility index (Phi) is 4.76. The number of aliphatic carboxylic acids is 1. The van der Waals surface area contributed by atoms with Crippen LogP contribution in [0, 0.1) is 0 Å². The summed E-state index contributed by atoms with van der Waals surface area (Å²) >= 11 is 1.31. The fraction of sp³-hybridized carbons (Fsp3) is 0.438. The molecule has 1 amide bonds. The molecule has 1 aliphatic heterocycles. The molecule has 2 aromatic heterocycles. The highest BCUT2D eigenvalue weighted by Gasteiger charge is 2.29. The molecule has 1 unspecified atom stereocenters. The van der Waals surface area contributed by atoms with E-state index in [0.29, 0.717) is 28.6 Å². The van der Waals surface area contributed by atoms with Crippen LogP contribution in [0.5, 0.6) is 0 Å². The second-order valence-corrected chi connectivity index (χ2v) is 6.62. The molecule has 0 radical (unpaired) electrons. The normalized spacial score (nSPS) is 18.1. The molecule has 6 nitrogen and oxygen atoms in total. The smallest absolute Gasteiger partial charge is 0.303 e. The lowest BCUT2D eigenvalue weighted by Crippen LogP contribution is -2.43. The molecule has 0 spiro atoms. The predicted molar refractivity (Wildman–Crippen MR) is 85.4 cm³/mol. The van der Waals surface area contributed by atoms with E-state index >= 15 is 0 Å². The highest BCUT2D eigenvalue weighted by atomic mass is 32.1. The number of carbonyl (C=O) groups excluding carboxylic acids is 1. The second-order valence-electron chi connectivity index (χ2n) is 5.59. The van der Waals surface area contributed by atoms with Crippen LogP contribution in [0.15, 0.2) is 29.0 Å². The summed E-state index contributed by atoms with van der Waals surface area (Å²) in [4.78, 5) is 30.2. The minimum atomic E-state index is -0.819. The molecule has 23 heavy (non-hydrogen) atoms. The number of aromatic nitrogens is 1. The van der Waals surface area contributed by atoms with Crippen LogP contribution in [-0.4, -0.2) is 39.5 Å². The van der Waals surface area contributed by atoms with Gasteiger partial charge in [-0.05, 0) is 37.8 Å². The van der Waals surface area contributed by atoms with Crippen LogP contribution < -0.4 is 0 Å². The number of furan rings is 1. The van der Waals surface area contributed by atoms with Crippen molar-refractivity contribution in [2.24, 2.45) is 0 Å². The molecule has 1 atom stereocenters. The van der Waals surface area contributed by atoms with Gasteiger partial charge in [0.25, 0.3) is 5.91 Å². The van der Waals surface area contributed by atoms with Crippen LogP contribution in [0.3, 0.4) is 0 Å². The maximum atomic E-state index is 12.8. The molecule has 7 heteroatoms. The zero-order valence-electron chi connectivity index (χ0n) is 12.6. The summed E-state index contributed by atoms with van der Waals surface area (Å²) < 4.78 is 5.30. The van der Waals surface area contributed by atoms with Gasteiger partial charge in [-0.15, -0.1) is 11.3 Å². The number of amides is 1. The Hall–Kier alpha value is -2.15. The highest BCUT2D eigenvalue weighted by molar-refractivity contribution is 7.16. The maximum Gasteiger partial charge on any atom is 0.303 e. The van der Waals surface area contributed by atoms with Crippen molar-refractivity contribution in [3.8, 4) is 10.8 Å². The van der Waals surface area contributed by atoms with E-state index in [2.05, 4.69) is 4.98 Å². The summed E-state index contributed by atoms with van der Waals surface area (Å²) in [7, 11) is 0. The van der Waals surface area contributed by atoms with Gasteiger partial charge in [-0.1, -0.05) is 0 Å². The number of likely N-dealkylation sites (tertiary alicyclic amines) is 1. The summed E-state index contributed by atoms with van der Waals surface area (Å²) in [5.41, 5.74) is 0. The van der Waals surface area contributed by atoms with E-state index in [9.17, 15) is 9.59 Å². The maximum absolute atomic E-state index is 12.8. The van der Waals surface area contributed by atoms with Crippen molar-refractivity contribution in [1.29, 1.82) is 0 Å². The number of thiazole rings is 1. The van der Waals surface area contributed by atoms with Crippen molar-refractivity contribution >= 4 is 23.2 Å². The summed E-state index contributed by atoms with van der Waals surface area (Å²) in [6.07, 6.45) is 6.61. The van der Waals surface area contributed by atoms with Crippen LogP contribution in [-0.2, 0) is 4.79 Å². The van der Waals surface area contributed by atoms with Gasteiger partial charge in [0.2, 0.25) is 0 Å². The van der Waals surface area contributed by atoms with Crippen molar-refractivity contribution in [2.75, 3.05) is 6.54 Å². The molecule has 0 aromatic carbocycles. The molecule has 3 heterocycles. The van der Waals surface area contributed by atoms with Gasteiger partial charge < -0.3 is 14.4 Å². The number of hydrogen-bond acceptors (Lipinski definition) is 5. The molecule has 1 fully saturated rings. The van der Waals surface area contributed by atoms with Gasteiger partial charge in [-0.3, -0.25) is 9.59 Å². The second kappa shape index (κ2) is 6.95. The molecule has 2 aromatic rings. The topological polar surface area (TPSA) is 83.6 Å². The Morgan fingerprint density at radius 2 is 2.30 bits per heavy atom. The first-order valence-electron chi connectivity index (χ1n) is 7.67. The molecule has 122 valence electrons. The third-order valence-corrected chi connectivity index (χ3v) is 5.03. The molecule has 3 rings (SSSR count). The lowest BCUT2D eigenvalue weighted by Gasteiger charge is -2.35. The first-order valence-corrected chi connectivity index (χ1v) is 8.49. The van der Waals surface area contributed by atoms with Gasteiger partial charge >= 0.3 is 5.97 Å². The minimum Gasteiger partial charge on any atom is -0.481 e. The Balaban J connectivity index is 1.73. The molecule has 1 aliphatic rings. The van der Waals surface area contributed by atoms with E-state index in [1.165, 1.54) is 11.3 Å². The Bertz CT molecular complexity index is 680. The Morgan fingerprint density at radius 3 is 3.04 bits per heavy atom. The van der Waals surface area contributed by atoms with Crippen molar-refractivity contribution < 1.29 is 19.1 Å². The van der Waals surface area contributed by atoms with E-state index in [1.807, 2.05) is 11.0 Å². The lowest BCUT2D eigenvalue weighted by molar-refractivity contribution is -0.137. The summed E-state index contributed by atoms with van der Waals surface area (Å²) in [6, 6.07) is 3.59. The van der Waals surface area contributed by atoms with Crippen LogP contribution in [0.1, 0.15) is 41.8 Å². The van der Waals surface area contributed by atoms with Gasteiger partial charge in [-0.2, -0.15) is 0 Å². The van der Waals surface area contributed by atoms with Crippen LogP contribution in [0.2, 0.25) is 0 Å². The van der Waals surface area contributed by atoms with E-state index in [-0.39, 0.29) is 18.4 Å². The van der Waals surface area contributed by atoms with Crippen molar-refractivity contribution in [3.63, 3.8) is 0 Å². The fourth-order valence-electron chi connectivity index (χ4n) is 2.89. The van der Waals surface area contributed by atoms with Gasteiger partial charge in [-0.25, -0.2) is 4.98 Å². The van der Waals surface area contributed by atoms with Crippen molar-refractivity contribution in [3.05, 3.63) is 29.5 Å². The molecule has 0 bridgehead atoms. The third kappa shape index (κ3) is 3.61. The number of carboxylic acid groups (broad SMARTS) is 1. The number of nitrogens with zero attached hydrogens (tertiary/aromatic N) is 2. The van der Waals surface area contributed by atoms with E-state index in [4.69, 9.17) is 9.52 Å². The summed E-state index contributed by atoms with van der Waals surface area (Å²) in [6.45, 7) is 0.678. The third-order valence-electron chi connectivity index (χ3n) is 4.03. The zero-order valence-corrected chi connectivity index (χ0v) is 13.4. The van der Waals surface area contributed by atoms with Gasteiger partial charge in [0, 0.05) is 19.0 Å². The number of carboxylic acids is 1. The van der Waals surface area contributed by atoms with Gasteiger partial charge in [0.1, 0.15) is 4.88 Å². The minimum absolute atomic E-state index is 0.00140. The standard InChI is InChI=1S/C16H18N2O4S/c19-14(20)7-6-11-4-1-2-8-18(11)16(21)13-10-17-15(23-13)12-5-3-9-22-12/h3,5,9-11H,1-2,4,6-8H2,(H,19,20). The van der Waals surface area contributed by atoms with E-state index in [0.717, 1.165) is 19.3 Å². The Labute approximate surface area is 137 Å². The van der Waals surface area contributed by atoms with Crippen LogP contribution in [0.4, 0.5) is 0 Å².